The highest BCUT2D eigenvalue weighted by Crippen LogP contribution is 2.12. The molecule has 6 heteroatoms. The van der Waals surface area contributed by atoms with Crippen LogP contribution >= 0.6 is 0 Å². The molecule has 1 aromatic rings. The van der Waals surface area contributed by atoms with Crippen LogP contribution in [0.5, 0.6) is 0 Å². The second kappa shape index (κ2) is 6.27. The van der Waals surface area contributed by atoms with Gasteiger partial charge in [0.1, 0.15) is 12.6 Å². The summed E-state index contributed by atoms with van der Waals surface area (Å²) in [6.45, 7) is 1.78. The van der Waals surface area contributed by atoms with Crippen molar-refractivity contribution in [3.05, 3.63) is 30.1 Å². The number of carbonyl (C=O) groups excluding carboxylic acids is 3. The molecule has 1 N–H and O–H groups in total. The molecule has 0 saturated carbocycles. The zero-order chi connectivity index (χ0) is 14.5. The maximum atomic E-state index is 12.2. The van der Waals surface area contributed by atoms with Gasteiger partial charge < -0.3 is 4.90 Å². The first-order valence-corrected chi connectivity index (χ1v) is 6.64. The van der Waals surface area contributed by atoms with Crippen LogP contribution in [0.4, 0.5) is 0 Å². The van der Waals surface area contributed by atoms with E-state index in [1.165, 1.54) is 4.90 Å². The van der Waals surface area contributed by atoms with E-state index < -0.39 is 17.9 Å². The molecule has 1 aromatic heterocycles. The van der Waals surface area contributed by atoms with Gasteiger partial charge in [0.15, 0.2) is 0 Å². The average molecular weight is 275 g/mol. The predicted molar refractivity (Wildman–Crippen MR) is 71.5 cm³/mol. The van der Waals surface area contributed by atoms with Crippen molar-refractivity contribution in [3.63, 3.8) is 0 Å². The van der Waals surface area contributed by atoms with E-state index in [-0.39, 0.29) is 18.9 Å². The molecule has 0 aromatic carbocycles. The van der Waals surface area contributed by atoms with Crippen molar-refractivity contribution in [1.29, 1.82) is 0 Å². The molecule has 106 valence electrons. The fourth-order valence-electron chi connectivity index (χ4n) is 2.28. The van der Waals surface area contributed by atoms with Gasteiger partial charge in [0.25, 0.3) is 0 Å². The summed E-state index contributed by atoms with van der Waals surface area (Å²) in [5, 5.41) is 2.26. The SMILES string of the molecule is CCC1C(=O)NC(=O)CN1C(=O)CCc1cccnc1. The monoisotopic (exact) mass is 275 g/mol. The molecule has 0 spiro atoms. The van der Waals surface area contributed by atoms with Crippen molar-refractivity contribution < 1.29 is 14.4 Å². The normalized spacial score (nSPS) is 18.9. The molecule has 2 heterocycles. The van der Waals surface area contributed by atoms with Crippen molar-refractivity contribution in [2.24, 2.45) is 0 Å². The van der Waals surface area contributed by atoms with E-state index in [0.29, 0.717) is 12.8 Å². The van der Waals surface area contributed by atoms with Gasteiger partial charge in [-0.2, -0.15) is 0 Å². The number of rotatable bonds is 4. The van der Waals surface area contributed by atoms with E-state index in [2.05, 4.69) is 10.3 Å². The summed E-state index contributed by atoms with van der Waals surface area (Å²) in [4.78, 5) is 40.6. The lowest BCUT2D eigenvalue weighted by atomic mass is 10.1. The topological polar surface area (TPSA) is 79.4 Å². The van der Waals surface area contributed by atoms with Crippen molar-refractivity contribution in [1.82, 2.24) is 15.2 Å². The Morgan fingerprint density at radius 2 is 2.30 bits per heavy atom. The number of hydrogen-bond acceptors (Lipinski definition) is 4. The molecule has 0 aliphatic carbocycles. The minimum atomic E-state index is -0.547. The lowest BCUT2D eigenvalue weighted by Crippen LogP contribution is -2.59. The summed E-state index contributed by atoms with van der Waals surface area (Å²) in [7, 11) is 0. The van der Waals surface area contributed by atoms with E-state index >= 15 is 0 Å². The van der Waals surface area contributed by atoms with Gasteiger partial charge in [-0.25, -0.2) is 0 Å². The van der Waals surface area contributed by atoms with Crippen LogP contribution in [0.2, 0.25) is 0 Å². The van der Waals surface area contributed by atoms with E-state index in [1.807, 2.05) is 19.1 Å². The Kier molecular flexibility index (Phi) is 4.45. The van der Waals surface area contributed by atoms with Gasteiger partial charge in [0.05, 0.1) is 0 Å². The Balaban J connectivity index is 1.99. The largest absolute Gasteiger partial charge is 0.321 e. The van der Waals surface area contributed by atoms with E-state index in [1.54, 1.807) is 12.4 Å². The molecule has 1 unspecified atom stereocenters. The fourth-order valence-corrected chi connectivity index (χ4v) is 2.28. The first kappa shape index (κ1) is 14.2. The predicted octanol–water partition coefficient (Wildman–Crippen LogP) is 0.278. The van der Waals surface area contributed by atoms with Gasteiger partial charge in [-0.05, 0) is 24.5 Å². The van der Waals surface area contributed by atoms with Gasteiger partial charge in [-0.3, -0.25) is 24.7 Å². The summed E-state index contributed by atoms with van der Waals surface area (Å²) >= 11 is 0. The summed E-state index contributed by atoms with van der Waals surface area (Å²) in [5.41, 5.74) is 0.960. The molecule has 1 aliphatic rings. The third-order valence-corrected chi connectivity index (χ3v) is 3.31. The number of pyridine rings is 1. The molecule has 3 amide bonds. The molecule has 20 heavy (non-hydrogen) atoms. The highest BCUT2D eigenvalue weighted by atomic mass is 16.2. The Morgan fingerprint density at radius 1 is 1.50 bits per heavy atom. The zero-order valence-corrected chi connectivity index (χ0v) is 11.3. The number of amides is 3. The van der Waals surface area contributed by atoms with Crippen molar-refractivity contribution >= 4 is 17.7 Å². The van der Waals surface area contributed by atoms with Crippen LogP contribution in [-0.4, -0.2) is 40.2 Å². The highest BCUT2D eigenvalue weighted by molar-refractivity contribution is 6.04. The first-order chi connectivity index (χ1) is 9.61. The van der Waals surface area contributed by atoms with Gasteiger partial charge >= 0.3 is 0 Å². The second-order valence-corrected chi connectivity index (χ2v) is 4.72. The zero-order valence-electron chi connectivity index (χ0n) is 11.3. The third kappa shape index (κ3) is 3.20. The van der Waals surface area contributed by atoms with Crippen LogP contribution in [0.1, 0.15) is 25.3 Å². The molecular formula is C14H17N3O3. The van der Waals surface area contributed by atoms with Crippen molar-refractivity contribution in [3.8, 4) is 0 Å². The fraction of sp³-hybridized carbons (Fsp3) is 0.429. The molecule has 1 aliphatic heterocycles. The van der Waals surface area contributed by atoms with E-state index in [4.69, 9.17) is 0 Å². The summed E-state index contributed by atoms with van der Waals surface area (Å²) in [6.07, 6.45) is 4.70. The quantitative estimate of drug-likeness (QED) is 0.800. The number of hydrogen-bond donors (Lipinski definition) is 1. The Morgan fingerprint density at radius 3 is 2.95 bits per heavy atom. The van der Waals surface area contributed by atoms with Gasteiger partial charge in [0, 0.05) is 18.8 Å². The third-order valence-electron chi connectivity index (χ3n) is 3.31. The van der Waals surface area contributed by atoms with Gasteiger partial charge in [0.2, 0.25) is 17.7 Å². The van der Waals surface area contributed by atoms with Crippen LogP contribution in [0.15, 0.2) is 24.5 Å². The molecular weight excluding hydrogens is 258 g/mol. The number of aryl methyl sites for hydroxylation is 1. The minimum Gasteiger partial charge on any atom is -0.321 e. The summed E-state index contributed by atoms with van der Waals surface area (Å²) in [6, 6.07) is 3.16. The molecule has 2 rings (SSSR count). The van der Waals surface area contributed by atoms with Crippen LogP contribution in [-0.2, 0) is 20.8 Å². The summed E-state index contributed by atoms with van der Waals surface area (Å²) in [5.74, 6) is -0.989. The molecule has 0 radical (unpaired) electrons. The lowest BCUT2D eigenvalue weighted by Gasteiger charge is -2.33. The first-order valence-electron chi connectivity index (χ1n) is 6.64. The number of aromatic nitrogens is 1. The summed E-state index contributed by atoms with van der Waals surface area (Å²) < 4.78 is 0. The Bertz CT molecular complexity index is 516. The number of piperazine rings is 1. The standard InChI is InChI=1S/C14H17N3O3/c1-2-11-14(20)16-12(18)9-17(11)13(19)6-5-10-4-3-7-15-8-10/h3-4,7-8,11H,2,5-6,9H2,1H3,(H,16,18,20). The van der Waals surface area contributed by atoms with E-state index in [9.17, 15) is 14.4 Å². The van der Waals surface area contributed by atoms with Gasteiger partial charge in [-0.15, -0.1) is 0 Å². The molecule has 6 nitrogen and oxygen atoms in total. The lowest BCUT2D eigenvalue weighted by molar-refractivity contribution is -0.150. The maximum Gasteiger partial charge on any atom is 0.249 e. The number of imide groups is 1. The Hall–Kier alpha value is -2.24. The molecule has 1 saturated heterocycles. The van der Waals surface area contributed by atoms with Gasteiger partial charge in [-0.1, -0.05) is 13.0 Å². The second-order valence-electron chi connectivity index (χ2n) is 4.72. The van der Waals surface area contributed by atoms with E-state index in [0.717, 1.165) is 5.56 Å². The number of carbonyl (C=O) groups is 3. The smallest absolute Gasteiger partial charge is 0.249 e. The minimum absolute atomic E-state index is 0.0455. The number of nitrogens with zero attached hydrogens (tertiary/aromatic N) is 2. The van der Waals surface area contributed by atoms with Crippen LogP contribution < -0.4 is 5.32 Å². The van der Waals surface area contributed by atoms with Crippen LogP contribution in [0.3, 0.4) is 0 Å². The Labute approximate surface area is 117 Å². The maximum absolute atomic E-state index is 12.2. The molecule has 1 fully saturated rings. The average Bonchev–Trinajstić information content (AvgIpc) is 2.45. The number of nitrogens with one attached hydrogen (secondary N) is 1. The van der Waals surface area contributed by atoms with Crippen molar-refractivity contribution in [2.75, 3.05) is 6.54 Å². The highest BCUT2D eigenvalue weighted by Gasteiger charge is 2.34. The van der Waals surface area contributed by atoms with Crippen molar-refractivity contribution in [2.45, 2.75) is 32.2 Å². The molecule has 1 atom stereocenters. The molecule has 0 bridgehead atoms. The van der Waals surface area contributed by atoms with Crippen LogP contribution in [0.25, 0.3) is 0 Å². The van der Waals surface area contributed by atoms with Crippen LogP contribution in [0, 0.1) is 0 Å².